The van der Waals surface area contributed by atoms with Crippen LogP contribution in [-0.4, -0.2) is 9.97 Å². The number of hydrogen-bond donors (Lipinski definition) is 0. The van der Waals surface area contributed by atoms with E-state index in [2.05, 4.69) is 16.0 Å². The second kappa shape index (κ2) is 6.05. The second-order valence-corrected chi connectivity index (χ2v) is 5.40. The van der Waals surface area contributed by atoms with Gasteiger partial charge in [0.25, 0.3) is 0 Å². The third kappa shape index (κ3) is 3.25. The first-order chi connectivity index (χ1) is 9.11. The molecule has 0 N–H and O–H groups in total. The number of nitrogens with zero attached hydrogens (tertiary/aromatic N) is 3. The van der Waals surface area contributed by atoms with Crippen LogP contribution in [0.3, 0.4) is 0 Å². The van der Waals surface area contributed by atoms with E-state index < -0.39 is 0 Å². The van der Waals surface area contributed by atoms with Gasteiger partial charge in [-0.15, -0.1) is 11.8 Å². The summed E-state index contributed by atoms with van der Waals surface area (Å²) in [5.74, 6) is 1.36. The largest absolute Gasteiger partial charge is 0.237 e. The average molecular weight is 290 g/mol. The molecule has 96 valence electrons. The van der Waals surface area contributed by atoms with Crippen LogP contribution in [0.15, 0.2) is 29.3 Å². The maximum atomic E-state index is 9.17. The maximum absolute atomic E-state index is 9.17. The molecule has 0 saturated carbocycles. The fourth-order valence-electron chi connectivity index (χ4n) is 1.68. The summed E-state index contributed by atoms with van der Waals surface area (Å²) in [5, 5.41) is 10.6. The van der Waals surface area contributed by atoms with E-state index in [0.717, 1.165) is 16.3 Å². The van der Waals surface area contributed by atoms with E-state index in [1.54, 1.807) is 0 Å². The normalized spacial score (nSPS) is 10.2. The van der Waals surface area contributed by atoms with Crippen LogP contribution in [0.2, 0.25) is 5.02 Å². The standard InChI is InChI=1S/C14H12ClN3S/c1-9-12(7-16)14(18-10(2)17-9)19-8-11-5-3-4-6-13(11)15/h3-6H,8H2,1-2H3. The second-order valence-electron chi connectivity index (χ2n) is 4.03. The Hall–Kier alpha value is -1.57. The summed E-state index contributed by atoms with van der Waals surface area (Å²) < 4.78 is 0. The van der Waals surface area contributed by atoms with Crippen LogP contribution < -0.4 is 0 Å². The van der Waals surface area contributed by atoms with Crippen molar-refractivity contribution < 1.29 is 0 Å². The van der Waals surface area contributed by atoms with Crippen molar-refractivity contribution in [3.05, 3.63) is 51.9 Å². The number of benzene rings is 1. The number of halogens is 1. The molecular weight excluding hydrogens is 278 g/mol. The van der Waals surface area contributed by atoms with Crippen molar-refractivity contribution in [2.45, 2.75) is 24.6 Å². The Labute approximate surface area is 121 Å². The minimum absolute atomic E-state index is 0.544. The van der Waals surface area contributed by atoms with Crippen molar-refractivity contribution in [1.29, 1.82) is 5.26 Å². The molecule has 0 aliphatic carbocycles. The minimum atomic E-state index is 0.544. The Morgan fingerprint density at radius 2 is 2.00 bits per heavy atom. The molecule has 0 unspecified atom stereocenters. The van der Waals surface area contributed by atoms with Gasteiger partial charge in [-0.2, -0.15) is 5.26 Å². The molecule has 0 radical (unpaired) electrons. The fraction of sp³-hybridized carbons (Fsp3) is 0.214. The predicted octanol–water partition coefficient (Wildman–Crippen LogP) is 3.91. The van der Waals surface area contributed by atoms with Gasteiger partial charge in [-0.05, 0) is 25.5 Å². The van der Waals surface area contributed by atoms with Gasteiger partial charge in [-0.25, -0.2) is 9.97 Å². The van der Waals surface area contributed by atoms with Crippen LogP contribution in [-0.2, 0) is 5.75 Å². The van der Waals surface area contributed by atoms with E-state index in [4.69, 9.17) is 11.6 Å². The van der Waals surface area contributed by atoms with E-state index in [9.17, 15) is 5.26 Å². The highest BCUT2D eigenvalue weighted by atomic mass is 35.5. The van der Waals surface area contributed by atoms with Crippen molar-refractivity contribution >= 4 is 23.4 Å². The zero-order chi connectivity index (χ0) is 13.8. The number of aryl methyl sites for hydroxylation is 2. The van der Waals surface area contributed by atoms with Crippen molar-refractivity contribution in [2.24, 2.45) is 0 Å². The Kier molecular flexibility index (Phi) is 4.41. The lowest BCUT2D eigenvalue weighted by atomic mass is 10.2. The van der Waals surface area contributed by atoms with Gasteiger partial charge in [0.15, 0.2) is 0 Å². The van der Waals surface area contributed by atoms with E-state index in [0.29, 0.717) is 22.2 Å². The predicted molar refractivity (Wildman–Crippen MR) is 77.2 cm³/mol. The lowest BCUT2D eigenvalue weighted by Crippen LogP contribution is -1.99. The number of nitriles is 1. The molecule has 0 aliphatic rings. The lowest BCUT2D eigenvalue weighted by molar-refractivity contribution is 0.923. The van der Waals surface area contributed by atoms with Crippen LogP contribution in [0.25, 0.3) is 0 Å². The van der Waals surface area contributed by atoms with Gasteiger partial charge in [0.05, 0.1) is 5.69 Å². The highest BCUT2D eigenvalue weighted by Crippen LogP contribution is 2.28. The first kappa shape index (κ1) is 13.9. The SMILES string of the molecule is Cc1nc(C)c(C#N)c(SCc2ccccc2Cl)n1. The van der Waals surface area contributed by atoms with E-state index >= 15 is 0 Å². The Morgan fingerprint density at radius 3 is 2.68 bits per heavy atom. The smallest absolute Gasteiger partial charge is 0.126 e. The lowest BCUT2D eigenvalue weighted by Gasteiger charge is -2.07. The Morgan fingerprint density at radius 1 is 1.26 bits per heavy atom. The van der Waals surface area contributed by atoms with Crippen LogP contribution in [0.4, 0.5) is 0 Å². The summed E-state index contributed by atoms with van der Waals surface area (Å²) >= 11 is 7.62. The van der Waals surface area contributed by atoms with E-state index in [1.165, 1.54) is 11.8 Å². The Bertz CT molecular complexity index is 650. The molecule has 0 atom stereocenters. The van der Waals surface area contributed by atoms with E-state index in [-0.39, 0.29) is 0 Å². The minimum Gasteiger partial charge on any atom is -0.237 e. The zero-order valence-electron chi connectivity index (χ0n) is 10.6. The van der Waals surface area contributed by atoms with Gasteiger partial charge in [0.1, 0.15) is 22.5 Å². The van der Waals surface area contributed by atoms with Crippen molar-refractivity contribution in [2.75, 3.05) is 0 Å². The quantitative estimate of drug-likeness (QED) is 0.635. The van der Waals surface area contributed by atoms with E-state index in [1.807, 2.05) is 38.1 Å². The number of thioether (sulfide) groups is 1. The molecule has 0 fully saturated rings. The average Bonchev–Trinajstić information content (AvgIpc) is 2.37. The number of hydrogen-bond acceptors (Lipinski definition) is 4. The molecular formula is C14H12ClN3S. The molecule has 0 amide bonds. The molecule has 0 spiro atoms. The third-order valence-corrected chi connectivity index (χ3v) is 4.00. The van der Waals surface area contributed by atoms with Gasteiger partial charge < -0.3 is 0 Å². The molecule has 1 aromatic heterocycles. The third-order valence-electron chi connectivity index (χ3n) is 2.60. The monoisotopic (exact) mass is 289 g/mol. The summed E-state index contributed by atoms with van der Waals surface area (Å²) in [6.45, 7) is 3.65. The molecule has 1 aromatic carbocycles. The molecule has 1 heterocycles. The molecule has 3 nitrogen and oxygen atoms in total. The van der Waals surface area contributed by atoms with Gasteiger partial charge >= 0.3 is 0 Å². The van der Waals surface area contributed by atoms with Gasteiger partial charge in [0.2, 0.25) is 0 Å². The summed E-state index contributed by atoms with van der Waals surface area (Å²) in [6.07, 6.45) is 0. The van der Waals surface area contributed by atoms with Crippen LogP contribution in [0.1, 0.15) is 22.6 Å². The van der Waals surface area contributed by atoms with Crippen molar-refractivity contribution in [3.8, 4) is 6.07 Å². The number of rotatable bonds is 3. The van der Waals surface area contributed by atoms with Crippen molar-refractivity contribution in [1.82, 2.24) is 9.97 Å². The Balaban J connectivity index is 2.25. The molecule has 5 heteroatoms. The van der Waals surface area contributed by atoms with Gasteiger partial charge in [0, 0.05) is 10.8 Å². The topological polar surface area (TPSA) is 49.6 Å². The zero-order valence-corrected chi connectivity index (χ0v) is 12.2. The first-order valence-corrected chi connectivity index (χ1v) is 7.09. The van der Waals surface area contributed by atoms with Gasteiger partial charge in [-0.1, -0.05) is 29.8 Å². The maximum Gasteiger partial charge on any atom is 0.126 e. The summed E-state index contributed by atoms with van der Waals surface area (Å²) in [5.41, 5.74) is 2.30. The molecule has 0 saturated heterocycles. The van der Waals surface area contributed by atoms with Crippen LogP contribution in [0, 0.1) is 25.2 Å². The highest BCUT2D eigenvalue weighted by Gasteiger charge is 2.11. The summed E-state index contributed by atoms with van der Waals surface area (Å²) in [6, 6.07) is 9.84. The van der Waals surface area contributed by atoms with Crippen LogP contribution in [0.5, 0.6) is 0 Å². The first-order valence-electron chi connectivity index (χ1n) is 5.73. The molecule has 19 heavy (non-hydrogen) atoms. The highest BCUT2D eigenvalue weighted by molar-refractivity contribution is 7.98. The molecule has 0 aliphatic heterocycles. The number of aromatic nitrogens is 2. The molecule has 0 bridgehead atoms. The summed E-state index contributed by atoms with van der Waals surface area (Å²) in [4.78, 5) is 8.54. The van der Waals surface area contributed by atoms with Crippen molar-refractivity contribution in [3.63, 3.8) is 0 Å². The molecule has 2 aromatic rings. The van der Waals surface area contributed by atoms with Crippen LogP contribution >= 0.6 is 23.4 Å². The summed E-state index contributed by atoms with van der Waals surface area (Å²) in [7, 11) is 0. The fourth-order valence-corrected chi connectivity index (χ4v) is 3.04. The molecule has 2 rings (SSSR count). The van der Waals surface area contributed by atoms with Gasteiger partial charge in [-0.3, -0.25) is 0 Å².